The van der Waals surface area contributed by atoms with Crippen LogP contribution in [-0.2, 0) is 17.1 Å². The molecule has 0 radical (unpaired) electrons. The quantitative estimate of drug-likeness (QED) is 0.289. The van der Waals surface area contributed by atoms with E-state index in [1.807, 2.05) is 30.6 Å². The van der Waals surface area contributed by atoms with Gasteiger partial charge in [-0.25, -0.2) is 0 Å². The van der Waals surface area contributed by atoms with Crippen LogP contribution in [0.3, 0.4) is 0 Å². The molecule has 0 fully saturated rings. The molecule has 0 atom stereocenters. The van der Waals surface area contributed by atoms with Crippen molar-refractivity contribution in [1.29, 1.82) is 0 Å². The number of aromatic nitrogens is 1. The van der Waals surface area contributed by atoms with E-state index in [1.165, 1.54) is 0 Å². The van der Waals surface area contributed by atoms with E-state index in [0.29, 0.717) is 0 Å². The number of rotatable bonds is 0. The first-order valence-electron chi connectivity index (χ1n) is 2.17. The van der Waals surface area contributed by atoms with Gasteiger partial charge in [0, 0.05) is 24.1 Å². The Morgan fingerprint density at radius 2 is 1.50 bits per heavy atom. The van der Waals surface area contributed by atoms with Crippen molar-refractivity contribution in [2.75, 3.05) is 0 Å². The molecule has 1 rings (SSSR count). The number of pyridine rings is 1. The summed E-state index contributed by atoms with van der Waals surface area (Å²) < 4.78 is 1.75. The molecule has 0 amide bonds. The predicted molar refractivity (Wildman–Crippen MR) is 27.4 cm³/mol. The Morgan fingerprint density at radius 3 is 1.75 bits per heavy atom. The summed E-state index contributed by atoms with van der Waals surface area (Å²) in [6.45, 7) is 0. The molecule has 0 aliphatic rings. The van der Waals surface area contributed by atoms with Gasteiger partial charge >= 0.3 is 0 Å². The molecule has 8 heavy (non-hydrogen) atoms. The predicted octanol–water partition coefficient (Wildman–Crippen LogP) is 0.611. The molecule has 1 heterocycles. The van der Waals surface area contributed by atoms with Gasteiger partial charge in [-0.2, -0.15) is 0 Å². The summed E-state index contributed by atoms with van der Waals surface area (Å²) in [7, 11) is 3.64. The molecule has 0 aromatic carbocycles. The van der Waals surface area contributed by atoms with E-state index in [9.17, 15) is 0 Å². The second kappa shape index (κ2) is 3.53. The van der Waals surface area contributed by atoms with Crippen molar-refractivity contribution >= 4 is 0 Å². The molecule has 1 aromatic heterocycles. The van der Waals surface area contributed by atoms with Crippen LogP contribution in [-0.4, -0.2) is 0 Å². The fourth-order valence-electron chi connectivity index (χ4n) is 0.434. The van der Waals surface area contributed by atoms with Gasteiger partial charge in [0.2, 0.25) is 0 Å². The maximum Gasteiger partial charge on any atom is 0.0689 e. The van der Waals surface area contributed by atoms with Crippen LogP contribution in [0, 0.1) is 7.05 Å². The number of nitrogens with zero attached hydrogens (tertiary/aromatic N) is 1. The van der Waals surface area contributed by atoms with Crippen LogP contribution in [0.25, 0.3) is 0 Å². The van der Waals surface area contributed by atoms with Gasteiger partial charge in [0.15, 0.2) is 0 Å². The fourth-order valence-corrected chi connectivity index (χ4v) is 0.434. The van der Waals surface area contributed by atoms with Crippen LogP contribution in [0.2, 0.25) is 0 Å². The summed E-state index contributed by atoms with van der Waals surface area (Å²) in [6.07, 6.45) is 3.78. The van der Waals surface area contributed by atoms with Crippen molar-refractivity contribution in [2.45, 2.75) is 0 Å². The Kier molecular flexibility index (Phi) is 3.33. The summed E-state index contributed by atoms with van der Waals surface area (Å²) in [5.74, 6) is 0. The van der Waals surface area contributed by atoms with Gasteiger partial charge in [0.05, 0.1) is 12.4 Å². The molecule has 0 saturated heterocycles. The van der Waals surface area contributed by atoms with Crippen molar-refractivity contribution in [2.24, 2.45) is 0 Å². The van der Waals surface area contributed by atoms with Gasteiger partial charge in [-0.1, -0.05) is 18.2 Å². The topological polar surface area (TPSA) is 3.88 Å². The van der Waals surface area contributed by atoms with E-state index in [0.717, 1.165) is 0 Å². The molecular weight excluding hydrogens is 142 g/mol. The van der Waals surface area contributed by atoms with Gasteiger partial charge in [0.25, 0.3) is 0 Å². The Labute approximate surface area is 59.8 Å². The largest absolute Gasteiger partial charge is 0.339 e. The van der Waals surface area contributed by atoms with Crippen LogP contribution in [0.1, 0.15) is 0 Å². The smallest absolute Gasteiger partial charge is 0.0689 e. The van der Waals surface area contributed by atoms with E-state index in [2.05, 4.69) is 7.05 Å². The van der Waals surface area contributed by atoms with Crippen LogP contribution >= 0.6 is 0 Å². The maximum absolute atomic E-state index is 3.64. The normalized spacial score (nSPS) is 7.50. The van der Waals surface area contributed by atoms with Crippen molar-refractivity contribution in [1.82, 2.24) is 0 Å². The van der Waals surface area contributed by atoms with Gasteiger partial charge in [-0.3, -0.25) is 0 Å². The van der Waals surface area contributed by atoms with Crippen molar-refractivity contribution in [3.05, 3.63) is 37.6 Å². The molecule has 0 saturated carbocycles. The second-order valence-corrected chi connectivity index (χ2v) is 1.39. The molecule has 1 aromatic rings. The van der Waals surface area contributed by atoms with Gasteiger partial charge in [-0.15, -0.1) is 0 Å². The maximum atomic E-state index is 3.64. The third kappa shape index (κ3) is 2.01. The molecule has 0 aliphatic heterocycles. The fraction of sp³-hybridized carbons (Fsp3) is 0. The standard InChI is InChI=1S/C6H7N.Fe/c1-7-5-3-2-4-6-7;/h2-6H,1H2;. The van der Waals surface area contributed by atoms with Gasteiger partial charge in [0.1, 0.15) is 0 Å². The molecule has 1 nitrogen and oxygen atoms in total. The Morgan fingerprint density at radius 1 is 1.00 bits per heavy atom. The molecule has 0 unspecified atom stereocenters. The average Bonchev–Trinajstić information content (AvgIpc) is 1.69. The summed E-state index contributed by atoms with van der Waals surface area (Å²) in [4.78, 5) is 0. The molecular formula is C6H7FeN. The molecule has 0 aliphatic carbocycles. The molecule has 0 spiro atoms. The molecule has 0 bridgehead atoms. The minimum atomic E-state index is 0. The van der Waals surface area contributed by atoms with E-state index in [4.69, 9.17) is 0 Å². The summed E-state index contributed by atoms with van der Waals surface area (Å²) in [6, 6.07) is 5.84. The molecule has 2 heteroatoms. The number of hydrogen-bond acceptors (Lipinski definition) is 0. The van der Waals surface area contributed by atoms with E-state index in [-0.39, 0.29) is 17.1 Å². The molecule has 44 valence electrons. The Balaban J connectivity index is 0.000000490. The van der Waals surface area contributed by atoms with E-state index >= 15 is 0 Å². The number of hydrogen-bond donors (Lipinski definition) is 0. The van der Waals surface area contributed by atoms with Gasteiger partial charge < -0.3 is 4.57 Å². The zero-order valence-corrected chi connectivity index (χ0v) is 5.50. The van der Waals surface area contributed by atoms with Crippen LogP contribution in [0.4, 0.5) is 0 Å². The minimum absolute atomic E-state index is 0. The Bertz CT molecular complexity index is 138. The van der Waals surface area contributed by atoms with Crippen LogP contribution in [0.5, 0.6) is 0 Å². The second-order valence-electron chi connectivity index (χ2n) is 1.39. The SMILES string of the molecule is [CH2-][n+]1ccccc1.[Fe]. The first-order chi connectivity index (χ1) is 3.39. The third-order valence-electron chi connectivity index (χ3n) is 0.777. The third-order valence-corrected chi connectivity index (χ3v) is 0.777. The zero-order valence-electron chi connectivity index (χ0n) is 4.39. The van der Waals surface area contributed by atoms with E-state index < -0.39 is 0 Å². The first-order valence-corrected chi connectivity index (χ1v) is 2.17. The first kappa shape index (κ1) is 7.54. The van der Waals surface area contributed by atoms with Crippen LogP contribution < -0.4 is 4.57 Å². The Hall–Kier alpha value is -0.461. The zero-order chi connectivity index (χ0) is 5.11. The monoisotopic (exact) mass is 149 g/mol. The van der Waals surface area contributed by atoms with E-state index in [1.54, 1.807) is 4.57 Å². The average molecular weight is 149 g/mol. The molecule has 0 N–H and O–H groups in total. The van der Waals surface area contributed by atoms with Crippen molar-refractivity contribution in [3.8, 4) is 0 Å². The van der Waals surface area contributed by atoms with Crippen molar-refractivity contribution in [3.63, 3.8) is 0 Å². The summed E-state index contributed by atoms with van der Waals surface area (Å²) in [5.41, 5.74) is 0. The minimum Gasteiger partial charge on any atom is -0.339 e. The summed E-state index contributed by atoms with van der Waals surface area (Å²) in [5, 5.41) is 0. The summed E-state index contributed by atoms with van der Waals surface area (Å²) >= 11 is 0. The van der Waals surface area contributed by atoms with Crippen molar-refractivity contribution < 1.29 is 21.6 Å². The van der Waals surface area contributed by atoms with Gasteiger partial charge in [-0.05, 0) is 0 Å². The van der Waals surface area contributed by atoms with Crippen LogP contribution in [0.15, 0.2) is 30.6 Å².